The molecule has 3 atom stereocenters. The van der Waals surface area contributed by atoms with E-state index in [9.17, 15) is 9.90 Å². The van der Waals surface area contributed by atoms with Gasteiger partial charge in [-0.1, -0.05) is 0 Å². The maximum atomic E-state index is 14.2. The molecule has 47 heavy (non-hydrogen) atoms. The molecule has 242 valence electrons. The van der Waals surface area contributed by atoms with E-state index in [0.717, 1.165) is 0 Å². The quantitative estimate of drug-likeness (QED) is 0.227. The Morgan fingerprint density at radius 1 is 0.660 bits per heavy atom. The maximum Gasteiger partial charge on any atom is 0.305 e. The van der Waals surface area contributed by atoms with Crippen molar-refractivity contribution in [3.8, 4) is 57.3 Å². The van der Waals surface area contributed by atoms with Crippen LogP contribution >= 0.6 is 0 Å². The van der Waals surface area contributed by atoms with Crippen molar-refractivity contribution in [3.63, 3.8) is 0 Å². The number of aliphatic hydroxyl groups is 1. The Balaban J connectivity index is 1.59. The highest BCUT2D eigenvalue weighted by molar-refractivity contribution is 5.93. The van der Waals surface area contributed by atoms with Crippen molar-refractivity contribution < 1.29 is 47.4 Å². The van der Waals surface area contributed by atoms with Crippen LogP contribution in [0.2, 0.25) is 0 Å². The van der Waals surface area contributed by atoms with Crippen LogP contribution in [-0.4, -0.2) is 53.9 Å². The Kier molecular flexibility index (Phi) is 7.28. The number of ether oxygens (including phenoxy) is 8. The van der Waals surface area contributed by atoms with E-state index < -0.39 is 23.2 Å². The summed E-state index contributed by atoms with van der Waals surface area (Å²) in [5.41, 5.74) is 1.69. The number of hydrogen-bond donors (Lipinski definition) is 1. The molecule has 0 spiro atoms. The standard InChI is InChI=1S/C36H32O11/c1-39-20-11-7-18(8-12-20)32-34(44-6)31(37)29-24(43-5)17-26-28(33(29)45-32)30-27-23(42-4)15-22(41-3)16-25(27)46-36(47-26,35(30)38)19-9-13-21(40-2)14-10-19/h7-17,30,35,38H,1-6H3/t30-,35-,36+/m0/s1. The molecule has 0 aliphatic carbocycles. The molecule has 0 saturated carbocycles. The second-order valence-electron chi connectivity index (χ2n) is 11.0. The Morgan fingerprint density at radius 2 is 1.26 bits per heavy atom. The monoisotopic (exact) mass is 640 g/mol. The second kappa shape index (κ2) is 11.4. The Hall–Kier alpha value is -5.55. The molecule has 11 nitrogen and oxygen atoms in total. The van der Waals surface area contributed by atoms with Crippen LogP contribution in [0.1, 0.15) is 22.6 Å². The third-order valence-corrected chi connectivity index (χ3v) is 8.74. The first-order valence-electron chi connectivity index (χ1n) is 14.7. The van der Waals surface area contributed by atoms with Gasteiger partial charge in [-0.25, -0.2) is 0 Å². The summed E-state index contributed by atoms with van der Waals surface area (Å²) in [6.45, 7) is 0. The fourth-order valence-corrected chi connectivity index (χ4v) is 6.49. The van der Waals surface area contributed by atoms with Crippen LogP contribution < -0.4 is 43.3 Å². The van der Waals surface area contributed by atoms with E-state index in [-0.39, 0.29) is 34.0 Å². The molecule has 5 aromatic rings. The Bertz CT molecular complexity index is 2050. The van der Waals surface area contributed by atoms with Gasteiger partial charge < -0.3 is 47.4 Å². The number of fused-ring (bicyclic) bond motifs is 8. The fourth-order valence-electron chi connectivity index (χ4n) is 6.49. The Labute approximate surface area is 269 Å². The third-order valence-electron chi connectivity index (χ3n) is 8.74. The lowest BCUT2D eigenvalue weighted by molar-refractivity contribution is -0.218. The van der Waals surface area contributed by atoms with Crippen molar-refractivity contribution in [1.82, 2.24) is 0 Å². The highest BCUT2D eigenvalue weighted by atomic mass is 16.7. The molecule has 2 aliphatic rings. The molecule has 3 heterocycles. The van der Waals surface area contributed by atoms with E-state index in [1.54, 1.807) is 80.9 Å². The molecule has 2 aliphatic heterocycles. The first-order chi connectivity index (χ1) is 22.8. The zero-order valence-corrected chi connectivity index (χ0v) is 26.5. The van der Waals surface area contributed by atoms with Gasteiger partial charge >= 0.3 is 5.79 Å². The van der Waals surface area contributed by atoms with Gasteiger partial charge in [0, 0.05) is 40.5 Å². The van der Waals surface area contributed by atoms with Crippen molar-refractivity contribution in [2.45, 2.75) is 17.8 Å². The van der Waals surface area contributed by atoms with Gasteiger partial charge in [0.05, 0.1) is 48.6 Å². The van der Waals surface area contributed by atoms with Crippen LogP contribution in [0.5, 0.6) is 46.0 Å². The highest BCUT2D eigenvalue weighted by Crippen LogP contribution is 2.60. The summed E-state index contributed by atoms with van der Waals surface area (Å²) in [6.07, 6.45) is -1.35. The molecule has 1 aromatic heterocycles. The van der Waals surface area contributed by atoms with Crippen molar-refractivity contribution in [2.75, 3.05) is 42.7 Å². The van der Waals surface area contributed by atoms with Crippen LogP contribution in [0.4, 0.5) is 0 Å². The minimum atomic E-state index is -1.74. The molecule has 1 N–H and O–H groups in total. The van der Waals surface area contributed by atoms with Crippen molar-refractivity contribution >= 4 is 11.0 Å². The normalized spacial score (nSPS) is 19.0. The highest BCUT2D eigenvalue weighted by Gasteiger charge is 2.59. The zero-order chi connectivity index (χ0) is 33.0. The first kappa shape index (κ1) is 30.1. The van der Waals surface area contributed by atoms with Gasteiger partial charge in [0.2, 0.25) is 11.2 Å². The molecule has 0 unspecified atom stereocenters. The van der Waals surface area contributed by atoms with E-state index in [1.165, 1.54) is 28.4 Å². The third kappa shape index (κ3) is 4.41. The van der Waals surface area contributed by atoms with Crippen LogP contribution in [0.15, 0.2) is 75.9 Å². The van der Waals surface area contributed by atoms with E-state index in [4.69, 9.17) is 42.3 Å². The summed E-state index contributed by atoms with van der Waals surface area (Å²) in [7, 11) is 9.04. The largest absolute Gasteiger partial charge is 0.497 e. The van der Waals surface area contributed by atoms with E-state index in [1.807, 2.05) is 0 Å². The molecular formula is C36H32O11. The number of hydrogen-bond acceptors (Lipinski definition) is 11. The SMILES string of the molecule is COc1ccc(-c2oc3c4c(cc(OC)c3c(=O)c2OC)O[C@@]2(c3ccc(OC)cc3)Oc3cc(OC)cc(OC)c3[C@@H]4[C@@H]2O)cc1. The molecule has 2 bridgehead atoms. The lowest BCUT2D eigenvalue weighted by Gasteiger charge is -2.49. The van der Waals surface area contributed by atoms with E-state index in [2.05, 4.69) is 0 Å². The summed E-state index contributed by atoms with van der Waals surface area (Å²) < 4.78 is 53.4. The van der Waals surface area contributed by atoms with E-state index in [0.29, 0.717) is 51.0 Å². The number of aliphatic hydroxyl groups excluding tert-OH is 1. The predicted octanol–water partition coefficient (Wildman–Crippen LogP) is 5.64. The summed E-state index contributed by atoms with van der Waals surface area (Å²) in [6, 6.07) is 19.1. The van der Waals surface area contributed by atoms with Crippen LogP contribution in [-0.2, 0) is 5.79 Å². The van der Waals surface area contributed by atoms with Crippen molar-refractivity contribution in [3.05, 3.63) is 93.6 Å². The van der Waals surface area contributed by atoms with Gasteiger partial charge in [0.15, 0.2) is 5.76 Å². The minimum absolute atomic E-state index is 0.0135. The van der Waals surface area contributed by atoms with Crippen molar-refractivity contribution in [2.24, 2.45) is 0 Å². The fraction of sp³-hybridized carbons (Fsp3) is 0.250. The zero-order valence-electron chi connectivity index (χ0n) is 26.5. The van der Waals surface area contributed by atoms with Gasteiger partial charge in [-0.15, -0.1) is 0 Å². The predicted molar refractivity (Wildman–Crippen MR) is 171 cm³/mol. The average molecular weight is 641 g/mol. The molecule has 0 fully saturated rings. The van der Waals surface area contributed by atoms with Gasteiger partial charge in [0.25, 0.3) is 0 Å². The molecule has 11 heteroatoms. The number of rotatable bonds is 8. The van der Waals surface area contributed by atoms with Gasteiger partial charge in [-0.3, -0.25) is 4.79 Å². The van der Waals surface area contributed by atoms with Crippen LogP contribution in [0.25, 0.3) is 22.3 Å². The van der Waals surface area contributed by atoms with Gasteiger partial charge in [0.1, 0.15) is 57.3 Å². The lowest BCUT2D eigenvalue weighted by atomic mass is 9.75. The minimum Gasteiger partial charge on any atom is -0.497 e. The second-order valence-corrected chi connectivity index (χ2v) is 11.0. The molecular weight excluding hydrogens is 608 g/mol. The molecule has 0 amide bonds. The number of benzene rings is 4. The lowest BCUT2D eigenvalue weighted by Crippen LogP contribution is -2.57. The smallest absolute Gasteiger partial charge is 0.305 e. The molecule has 0 radical (unpaired) electrons. The Morgan fingerprint density at radius 3 is 1.83 bits per heavy atom. The van der Waals surface area contributed by atoms with Crippen molar-refractivity contribution in [1.29, 1.82) is 0 Å². The average Bonchev–Trinajstić information content (AvgIpc) is 3.10. The number of methoxy groups -OCH3 is 6. The maximum absolute atomic E-state index is 14.2. The van der Waals surface area contributed by atoms with Crippen LogP contribution in [0, 0.1) is 0 Å². The van der Waals surface area contributed by atoms with Crippen LogP contribution in [0.3, 0.4) is 0 Å². The summed E-state index contributed by atoms with van der Waals surface area (Å²) >= 11 is 0. The summed E-state index contributed by atoms with van der Waals surface area (Å²) in [5, 5.41) is 12.5. The topological polar surface area (TPSA) is 124 Å². The van der Waals surface area contributed by atoms with E-state index >= 15 is 0 Å². The molecule has 7 rings (SSSR count). The van der Waals surface area contributed by atoms with Gasteiger partial charge in [-0.2, -0.15) is 0 Å². The summed E-state index contributed by atoms with van der Waals surface area (Å²) in [4.78, 5) is 14.2. The van der Waals surface area contributed by atoms with Gasteiger partial charge in [-0.05, 0) is 48.5 Å². The molecule has 4 aromatic carbocycles. The first-order valence-corrected chi connectivity index (χ1v) is 14.7. The summed E-state index contributed by atoms with van der Waals surface area (Å²) in [5.74, 6) is 0.479. The molecule has 0 saturated heterocycles.